The number of ether oxygens (including phenoxy) is 2. The van der Waals surface area contributed by atoms with Crippen LogP contribution in [-0.4, -0.2) is 29.1 Å². The Kier molecular flexibility index (Phi) is 6.91. The van der Waals surface area contributed by atoms with E-state index in [0.29, 0.717) is 34.2 Å². The van der Waals surface area contributed by atoms with Gasteiger partial charge in [0.1, 0.15) is 5.75 Å². The number of carbonyl (C=O) groups excluding carboxylic acids is 1. The molecule has 1 aliphatic rings. The highest BCUT2D eigenvalue weighted by molar-refractivity contribution is 6.31. The van der Waals surface area contributed by atoms with E-state index in [1.807, 2.05) is 25.1 Å². The minimum absolute atomic E-state index is 0.142. The van der Waals surface area contributed by atoms with Crippen LogP contribution < -0.4 is 10.1 Å². The maximum Gasteiger partial charge on any atom is 0.341 e. The van der Waals surface area contributed by atoms with Crippen LogP contribution in [0.1, 0.15) is 50.0 Å². The van der Waals surface area contributed by atoms with Gasteiger partial charge in [0, 0.05) is 40.9 Å². The van der Waals surface area contributed by atoms with Gasteiger partial charge in [-0.05, 0) is 42.8 Å². The Hall–Kier alpha value is -2.28. The number of carbonyl (C=O) groups is 2. The highest BCUT2D eigenvalue weighted by atomic mass is 35.5. The zero-order chi connectivity index (χ0) is 21.9. The van der Waals surface area contributed by atoms with E-state index in [4.69, 9.17) is 37.8 Å². The van der Waals surface area contributed by atoms with E-state index in [0.717, 1.165) is 5.56 Å². The van der Waals surface area contributed by atoms with Gasteiger partial charge in [-0.2, -0.15) is 0 Å². The Morgan fingerprint density at radius 1 is 1.17 bits per heavy atom. The molecule has 2 N–H and O–H groups in total. The van der Waals surface area contributed by atoms with Crippen molar-refractivity contribution < 1.29 is 24.2 Å². The average molecular weight is 452 g/mol. The van der Waals surface area contributed by atoms with E-state index in [1.165, 1.54) is 6.92 Å². The van der Waals surface area contributed by atoms with Gasteiger partial charge >= 0.3 is 5.97 Å². The normalized spacial score (nSPS) is 23.6. The predicted octanol–water partition coefficient (Wildman–Crippen LogP) is 4.94. The number of benzene rings is 2. The third-order valence-electron chi connectivity index (χ3n) is 4.97. The molecular weight excluding hydrogens is 429 g/mol. The molecule has 160 valence electrons. The van der Waals surface area contributed by atoms with Crippen LogP contribution in [-0.2, 0) is 14.3 Å². The third-order valence-corrected chi connectivity index (χ3v) is 5.44. The van der Waals surface area contributed by atoms with Crippen molar-refractivity contribution in [1.82, 2.24) is 5.32 Å². The molecule has 1 heterocycles. The smallest absolute Gasteiger partial charge is 0.341 e. The first kappa shape index (κ1) is 22.4. The molecule has 3 rings (SSSR count). The van der Waals surface area contributed by atoms with Crippen LogP contribution in [0.5, 0.6) is 5.75 Å². The highest BCUT2D eigenvalue weighted by Crippen LogP contribution is 2.46. The first-order valence-electron chi connectivity index (χ1n) is 9.49. The molecule has 1 aliphatic heterocycles. The lowest BCUT2D eigenvalue weighted by atomic mass is 9.81. The summed E-state index contributed by atoms with van der Waals surface area (Å²) in [7, 11) is 0. The Bertz CT molecular complexity index is 951. The van der Waals surface area contributed by atoms with Crippen molar-refractivity contribution in [2.45, 2.75) is 44.4 Å². The molecule has 0 unspecified atom stereocenters. The van der Waals surface area contributed by atoms with Crippen molar-refractivity contribution >= 4 is 35.1 Å². The molecule has 2 aromatic carbocycles. The topological polar surface area (TPSA) is 84.9 Å². The molecule has 1 fully saturated rings. The number of nitrogens with one attached hydrogen (secondary N) is 1. The molecule has 3 atom stereocenters. The Morgan fingerprint density at radius 2 is 1.87 bits per heavy atom. The fraction of sp³-hybridized carbons (Fsp3) is 0.364. The van der Waals surface area contributed by atoms with Gasteiger partial charge in [0.25, 0.3) is 0 Å². The Balaban J connectivity index is 1.99. The zero-order valence-corrected chi connectivity index (χ0v) is 18.2. The lowest BCUT2D eigenvalue weighted by Crippen LogP contribution is -2.50. The number of halogens is 2. The van der Waals surface area contributed by atoms with E-state index < -0.39 is 24.2 Å². The van der Waals surface area contributed by atoms with E-state index in [-0.39, 0.29) is 12.0 Å². The Labute approximate surface area is 185 Å². The maximum absolute atomic E-state index is 11.9. The SMILES string of the molecule is CC(=O)N[C@]1(C)C[C@@H](c2cccc(Cl)c2)O[C@@H](c2cc(Cl)ccc2OCC(=O)O)C1. The fourth-order valence-electron chi connectivity index (χ4n) is 3.85. The quantitative estimate of drug-likeness (QED) is 0.649. The number of rotatable bonds is 6. The summed E-state index contributed by atoms with van der Waals surface area (Å²) in [6, 6.07) is 12.4. The monoisotopic (exact) mass is 451 g/mol. The number of carboxylic acids is 1. The molecule has 30 heavy (non-hydrogen) atoms. The molecule has 0 saturated carbocycles. The van der Waals surface area contributed by atoms with Crippen LogP contribution in [0.25, 0.3) is 0 Å². The molecule has 8 heteroatoms. The van der Waals surface area contributed by atoms with Crippen LogP contribution in [0.4, 0.5) is 0 Å². The standard InChI is InChI=1S/C22H23Cl2NO5/c1-13(26)25-22(2)10-19(14-4-3-5-15(23)8-14)30-20(11-22)17-9-16(24)6-7-18(17)29-12-21(27)28/h3-9,19-20H,10-12H2,1-2H3,(H,25,26)(H,27,28)/t19-,20+,22+/m0/s1. The molecular formula is C22H23Cl2NO5. The summed E-state index contributed by atoms with van der Waals surface area (Å²) < 4.78 is 11.9. The summed E-state index contributed by atoms with van der Waals surface area (Å²) in [6.07, 6.45) is 0.190. The third kappa shape index (κ3) is 5.65. The summed E-state index contributed by atoms with van der Waals surface area (Å²) in [5.74, 6) is -0.847. The number of hydrogen-bond donors (Lipinski definition) is 2. The average Bonchev–Trinajstić information content (AvgIpc) is 2.65. The second-order valence-corrected chi connectivity index (χ2v) is 8.56. The van der Waals surface area contributed by atoms with E-state index in [9.17, 15) is 9.59 Å². The van der Waals surface area contributed by atoms with Crippen molar-refractivity contribution in [1.29, 1.82) is 0 Å². The number of carboxylic acid groups (broad SMARTS) is 1. The van der Waals surface area contributed by atoms with Gasteiger partial charge in [-0.3, -0.25) is 4.79 Å². The van der Waals surface area contributed by atoms with Crippen LogP contribution in [0.15, 0.2) is 42.5 Å². The second-order valence-electron chi connectivity index (χ2n) is 7.68. The van der Waals surface area contributed by atoms with E-state index in [2.05, 4.69) is 5.32 Å². The van der Waals surface area contributed by atoms with Gasteiger partial charge in [0.05, 0.1) is 12.2 Å². The Morgan fingerprint density at radius 3 is 2.53 bits per heavy atom. The van der Waals surface area contributed by atoms with Crippen molar-refractivity contribution in [2.24, 2.45) is 0 Å². The van der Waals surface area contributed by atoms with Gasteiger partial charge in [-0.25, -0.2) is 4.79 Å². The predicted molar refractivity (Wildman–Crippen MR) is 114 cm³/mol. The van der Waals surface area contributed by atoms with E-state index >= 15 is 0 Å². The van der Waals surface area contributed by atoms with Gasteiger partial charge in [-0.15, -0.1) is 0 Å². The van der Waals surface area contributed by atoms with Crippen LogP contribution in [0.2, 0.25) is 10.0 Å². The largest absolute Gasteiger partial charge is 0.482 e. The molecule has 0 spiro atoms. The lowest BCUT2D eigenvalue weighted by Gasteiger charge is -2.43. The minimum Gasteiger partial charge on any atom is -0.482 e. The summed E-state index contributed by atoms with van der Waals surface area (Å²) >= 11 is 12.4. The molecule has 6 nitrogen and oxygen atoms in total. The molecule has 0 radical (unpaired) electrons. The highest BCUT2D eigenvalue weighted by Gasteiger charge is 2.41. The number of amides is 1. The molecule has 2 aromatic rings. The summed E-state index contributed by atoms with van der Waals surface area (Å²) in [5, 5.41) is 13.1. The number of hydrogen-bond acceptors (Lipinski definition) is 4. The van der Waals surface area contributed by atoms with Crippen LogP contribution in [0, 0.1) is 0 Å². The minimum atomic E-state index is -1.08. The number of aliphatic carboxylic acids is 1. The molecule has 1 saturated heterocycles. The van der Waals surface area contributed by atoms with Crippen molar-refractivity contribution in [3.63, 3.8) is 0 Å². The van der Waals surface area contributed by atoms with Gasteiger partial charge in [-0.1, -0.05) is 35.3 Å². The van der Waals surface area contributed by atoms with Crippen molar-refractivity contribution in [2.75, 3.05) is 6.61 Å². The molecule has 0 aromatic heterocycles. The first-order valence-corrected chi connectivity index (χ1v) is 10.2. The second kappa shape index (κ2) is 9.25. The van der Waals surface area contributed by atoms with Crippen LogP contribution in [0.3, 0.4) is 0 Å². The van der Waals surface area contributed by atoms with Gasteiger partial charge in [0.15, 0.2) is 6.61 Å². The molecule has 0 bridgehead atoms. The summed E-state index contributed by atoms with van der Waals surface area (Å²) in [5.41, 5.74) is 0.958. The lowest BCUT2D eigenvalue weighted by molar-refractivity contribution is -0.139. The van der Waals surface area contributed by atoms with Gasteiger partial charge in [0.2, 0.25) is 5.91 Å². The van der Waals surface area contributed by atoms with E-state index in [1.54, 1.807) is 24.3 Å². The van der Waals surface area contributed by atoms with Crippen molar-refractivity contribution in [3.05, 3.63) is 63.6 Å². The van der Waals surface area contributed by atoms with Gasteiger partial charge < -0.3 is 19.9 Å². The summed E-state index contributed by atoms with van der Waals surface area (Å²) in [4.78, 5) is 22.9. The molecule has 1 amide bonds. The van der Waals surface area contributed by atoms with Crippen LogP contribution >= 0.6 is 23.2 Å². The summed E-state index contributed by atoms with van der Waals surface area (Å²) in [6.45, 7) is 2.96. The van der Waals surface area contributed by atoms with Crippen molar-refractivity contribution in [3.8, 4) is 5.75 Å². The zero-order valence-electron chi connectivity index (χ0n) is 16.7. The maximum atomic E-state index is 11.9. The first-order chi connectivity index (χ1) is 14.1. The molecule has 0 aliphatic carbocycles. The fourth-order valence-corrected chi connectivity index (χ4v) is 4.23.